The summed E-state index contributed by atoms with van der Waals surface area (Å²) in [5.41, 5.74) is 3.31. The standard InChI is InChI=1S/C29H35N3O2/c1-20-11-9-17-30-25(20)28(34)32-18-10-16-24(26(32)21-12-6-5-7-13-21)27(33)31-23-15-8-14-22(19-23)29(2,3)4/h5-9,11-12,14-15,17,19,21,24,26H,10,13,16,18H2,1-4H3,(H,31,33)/t21-,24?,26?/m1/s1. The van der Waals surface area contributed by atoms with Crippen LogP contribution >= 0.6 is 0 Å². The summed E-state index contributed by atoms with van der Waals surface area (Å²) in [5.74, 6) is -0.302. The van der Waals surface area contributed by atoms with E-state index in [-0.39, 0.29) is 35.1 Å². The van der Waals surface area contributed by atoms with E-state index in [2.05, 4.69) is 55.4 Å². The number of hydrogen-bond acceptors (Lipinski definition) is 3. The van der Waals surface area contributed by atoms with Gasteiger partial charge in [-0.25, -0.2) is 0 Å². The number of carbonyl (C=O) groups is 2. The lowest BCUT2D eigenvalue weighted by atomic mass is 9.77. The number of amides is 2. The number of pyridine rings is 1. The normalized spacial score (nSPS) is 22.5. The summed E-state index contributed by atoms with van der Waals surface area (Å²) in [5, 5.41) is 3.17. The minimum Gasteiger partial charge on any atom is -0.333 e. The van der Waals surface area contributed by atoms with Crippen LogP contribution in [0, 0.1) is 18.8 Å². The molecule has 5 nitrogen and oxygen atoms in total. The van der Waals surface area contributed by atoms with Crippen molar-refractivity contribution in [2.75, 3.05) is 11.9 Å². The van der Waals surface area contributed by atoms with Crippen LogP contribution in [0.4, 0.5) is 5.69 Å². The SMILES string of the molecule is Cc1cccnc1C(=O)N1CCCC(C(=O)Nc2cccc(C(C)(C)C)c2)C1[C@@H]1C=CC=CC1. The van der Waals surface area contributed by atoms with E-state index in [1.807, 2.05) is 48.2 Å². The molecule has 0 saturated carbocycles. The third-order valence-electron chi connectivity index (χ3n) is 6.94. The van der Waals surface area contributed by atoms with E-state index in [9.17, 15) is 9.59 Å². The second-order valence-electron chi connectivity index (χ2n) is 10.4. The van der Waals surface area contributed by atoms with Crippen molar-refractivity contribution >= 4 is 17.5 Å². The molecule has 2 unspecified atom stereocenters. The molecule has 0 bridgehead atoms. The number of aryl methyl sites for hydroxylation is 1. The Hall–Kier alpha value is -3.21. The molecule has 0 spiro atoms. The summed E-state index contributed by atoms with van der Waals surface area (Å²) in [7, 11) is 0. The Labute approximate surface area is 203 Å². The number of aromatic nitrogens is 1. The van der Waals surface area contributed by atoms with Crippen molar-refractivity contribution in [2.24, 2.45) is 11.8 Å². The lowest BCUT2D eigenvalue weighted by Crippen LogP contribution is -2.55. The monoisotopic (exact) mass is 457 g/mol. The van der Waals surface area contributed by atoms with Crippen molar-refractivity contribution in [1.29, 1.82) is 0 Å². The van der Waals surface area contributed by atoms with Crippen molar-refractivity contribution in [2.45, 2.75) is 58.4 Å². The number of hydrogen-bond donors (Lipinski definition) is 1. The smallest absolute Gasteiger partial charge is 0.273 e. The molecule has 1 aliphatic carbocycles. The Bertz CT molecular complexity index is 1110. The topological polar surface area (TPSA) is 62.3 Å². The van der Waals surface area contributed by atoms with E-state index in [1.54, 1.807) is 6.20 Å². The Morgan fingerprint density at radius 1 is 1.12 bits per heavy atom. The quantitative estimate of drug-likeness (QED) is 0.643. The van der Waals surface area contributed by atoms with E-state index >= 15 is 0 Å². The van der Waals surface area contributed by atoms with Crippen LogP contribution in [-0.2, 0) is 10.2 Å². The molecule has 34 heavy (non-hydrogen) atoms. The molecular formula is C29H35N3O2. The van der Waals surface area contributed by atoms with E-state index in [1.165, 1.54) is 5.56 Å². The molecule has 3 atom stereocenters. The van der Waals surface area contributed by atoms with Gasteiger partial charge in [-0.05, 0) is 60.9 Å². The second kappa shape index (κ2) is 9.96. The Morgan fingerprint density at radius 2 is 1.94 bits per heavy atom. The van der Waals surface area contributed by atoms with Crippen LogP contribution in [0.1, 0.15) is 61.6 Å². The minimum atomic E-state index is -0.291. The lowest BCUT2D eigenvalue weighted by molar-refractivity contribution is -0.123. The molecule has 2 aromatic rings. The maximum atomic E-state index is 13.6. The molecule has 2 heterocycles. The van der Waals surface area contributed by atoms with Gasteiger partial charge in [-0.3, -0.25) is 14.6 Å². The van der Waals surface area contributed by atoms with Crippen LogP contribution in [0.25, 0.3) is 0 Å². The number of nitrogens with zero attached hydrogens (tertiary/aromatic N) is 2. The molecule has 1 N–H and O–H groups in total. The third-order valence-corrected chi connectivity index (χ3v) is 6.94. The van der Waals surface area contributed by atoms with Crippen molar-refractivity contribution in [1.82, 2.24) is 9.88 Å². The van der Waals surface area contributed by atoms with Gasteiger partial charge in [0, 0.05) is 24.3 Å². The number of rotatable bonds is 4. The van der Waals surface area contributed by atoms with Crippen LogP contribution in [0.2, 0.25) is 0 Å². The zero-order valence-corrected chi connectivity index (χ0v) is 20.6. The summed E-state index contributed by atoms with van der Waals surface area (Å²) in [4.78, 5) is 33.6. The third kappa shape index (κ3) is 5.14. The van der Waals surface area contributed by atoms with Gasteiger partial charge in [-0.1, -0.05) is 63.3 Å². The minimum absolute atomic E-state index is 0.00288. The molecule has 1 saturated heterocycles. The van der Waals surface area contributed by atoms with Crippen LogP contribution in [0.15, 0.2) is 66.9 Å². The van der Waals surface area contributed by atoms with Gasteiger partial charge in [0.2, 0.25) is 5.91 Å². The zero-order chi connectivity index (χ0) is 24.3. The molecule has 1 aromatic carbocycles. The van der Waals surface area contributed by atoms with Gasteiger partial charge in [0.05, 0.1) is 12.0 Å². The molecule has 4 rings (SSSR count). The van der Waals surface area contributed by atoms with Gasteiger partial charge in [-0.15, -0.1) is 0 Å². The molecule has 178 valence electrons. The molecule has 1 aromatic heterocycles. The molecule has 0 radical (unpaired) electrons. The lowest BCUT2D eigenvalue weighted by Gasteiger charge is -2.44. The Balaban J connectivity index is 1.63. The summed E-state index contributed by atoms with van der Waals surface area (Å²) in [6.45, 7) is 9.04. The zero-order valence-electron chi connectivity index (χ0n) is 20.6. The number of allylic oxidation sites excluding steroid dienone is 3. The van der Waals surface area contributed by atoms with E-state index < -0.39 is 0 Å². The van der Waals surface area contributed by atoms with E-state index in [0.29, 0.717) is 12.2 Å². The molecule has 1 aliphatic heterocycles. The maximum absolute atomic E-state index is 13.6. The van der Waals surface area contributed by atoms with Crippen LogP contribution in [-0.4, -0.2) is 34.3 Å². The number of piperidine rings is 1. The highest BCUT2D eigenvalue weighted by Crippen LogP contribution is 2.35. The average Bonchev–Trinajstić information content (AvgIpc) is 2.83. The highest BCUT2D eigenvalue weighted by Gasteiger charge is 2.42. The molecule has 2 aliphatic rings. The van der Waals surface area contributed by atoms with Crippen LogP contribution in [0.3, 0.4) is 0 Å². The first-order chi connectivity index (χ1) is 16.3. The number of carbonyl (C=O) groups excluding carboxylic acids is 2. The van der Waals surface area contributed by atoms with Crippen molar-refractivity contribution < 1.29 is 9.59 Å². The first-order valence-corrected chi connectivity index (χ1v) is 12.2. The summed E-state index contributed by atoms with van der Waals surface area (Å²) in [6, 6.07) is 11.6. The van der Waals surface area contributed by atoms with Gasteiger partial charge in [0.15, 0.2) is 0 Å². The fraction of sp³-hybridized carbons (Fsp3) is 0.414. The predicted octanol–water partition coefficient (Wildman–Crippen LogP) is 5.68. The number of likely N-dealkylation sites (tertiary alicyclic amines) is 1. The molecule has 1 fully saturated rings. The van der Waals surface area contributed by atoms with E-state index in [4.69, 9.17) is 0 Å². The first-order valence-electron chi connectivity index (χ1n) is 12.2. The fourth-order valence-corrected chi connectivity index (χ4v) is 5.07. The number of nitrogens with one attached hydrogen (secondary N) is 1. The van der Waals surface area contributed by atoms with Gasteiger partial charge in [0.25, 0.3) is 5.91 Å². The summed E-state index contributed by atoms with van der Waals surface area (Å²) < 4.78 is 0. The highest BCUT2D eigenvalue weighted by molar-refractivity contribution is 5.96. The molecule has 5 heteroatoms. The van der Waals surface area contributed by atoms with Gasteiger partial charge < -0.3 is 10.2 Å². The Kier molecular flexibility index (Phi) is 7.01. The number of anilines is 1. The summed E-state index contributed by atoms with van der Waals surface area (Å²) in [6.07, 6.45) is 12.3. The average molecular weight is 458 g/mol. The maximum Gasteiger partial charge on any atom is 0.273 e. The van der Waals surface area contributed by atoms with Crippen molar-refractivity contribution in [3.05, 3.63) is 83.7 Å². The van der Waals surface area contributed by atoms with Gasteiger partial charge in [0.1, 0.15) is 5.69 Å². The van der Waals surface area contributed by atoms with Gasteiger partial charge in [-0.2, -0.15) is 0 Å². The van der Waals surface area contributed by atoms with Crippen LogP contribution in [0.5, 0.6) is 0 Å². The second-order valence-corrected chi connectivity index (χ2v) is 10.4. The number of benzene rings is 1. The fourth-order valence-electron chi connectivity index (χ4n) is 5.07. The first kappa shape index (κ1) is 23.9. The van der Waals surface area contributed by atoms with Crippen molar-refractivity contribution in [3.63, 3.8) is 0 Å². The predicted molar refractivity (Wildman–Crippen MR) is 137 cm³/mol. The molecular weight excluding hydrogens is 422 g/mol. The largest absolute Gasteiger partial charge is 0.333 e. The summed E-state index contributed by atoms with van der Waals surface area (Å²) >= 11 is 0. The van der Waals surface area contributed by atoms with Gasteiger partial charge >= 0.3 is 0 Å². The Morgan fingerprint density at radius 3 is 2.65 bits per heavy atom. The van der Waals surface area contributed by atoms with Crippen molar-refractivity contribution in [3.8, 4) is 0 Å². The molecule has 2 amide bonds. The highest BCUT2D eigenvalue weighted by atomic mass is 16.2. The van der Waals surface area contributed by atoms with E-state index in [0.717, 1.165) is 30.5 Å². The van der Waals surface area contributed by atoms with Crippen LogP contribution < -0.4 is 5.32 Å².